The number of anilines is 1. The fourth-order valence-electron chi connectivity index (χ4n) is 1.48. The number of thiophene rings is 1. The highest BCUT2D eigenvalue weighted by atomic mass is 79.9. The lowest BCUT2D eigenvalue weighted by atomic mass is 10.2. The Labute approximate surface area is 139 Å². The highest BCUT2D eigenvalue weighted by Gasteiger charge is 2.14. The third kappa shape index (κ3) is 3.60. The largest absolute Gasteiger partial charge is 0.409 e. The molecule has 4 N–H and O–H groups in total. The number of nitrogens with zero attached hydrogens (tertiary/aromatic N) is 1. The molecule has 1 heterocycles. The zero-order valence-electron chi connectivity index (χ0n) is 10.2. The molecule has 0 unspecified atom stereocenters. The summed E-state index contributed by atoms with van der Waals surface area (Å²) in [6.45, 7) is 0. The maximum Gasteiger partial charge on any atom is 0.265 e. The van der Waals surface area contributed by atoms with Gasteiger partial charge in [-0.25, -0.2) is 4.39 Å². The number of amides is 1. The van der Waals surface area contributed by atoms with Crippen molar-refractivity contribution in [2.45, 2.75) is 0 Å². The fourth-order valence-corrected chi connectivity index (χ4v) is 3.41. The van der Waals surface area contributed by atoms with Crippen molar-refractivity contribution >= 4 is 60.6 Å². The van der Waals surface area contributed by atoms with Crippen molar-refractivity contribution in [2.24, 2.45) is 10.9 Å². The molecule has 0 bridgehead atoms. The third-order valence-electron chi connectivity index (χ3n) is 2.49. The Hall–Kier alpha value is -1.45. The lowest BCUT2D eigenvalue weighted by molar-refractivity contribution is 0.103. The minimum atomic E-state index is -0.679. The Bertz CT molecular complexity index is 714. The third-order valence-corrected chi connectivity index (χ3v) is 5.74. The van der Waals surface area contributed by atoms with Crippen LogP contribution in [-0.2, 0) is 0 Å². The molecule has 0 saturated heterocycles. The van der Waals surface area contributed by atoms with Crippen LogP contribution in [0.2, 0.25) is 0 Å². The van der Waals surface area contributed by atoms with Crippen LogP contribution in [0.4, 0.5) is 10.1 Å². The number of carbonyl (C=O) groups is 1. The van der Waals surface area contributed by atoms with E-state index in [1.54, 1.807) is 6.07 Å². The number of nitrogens with two attached hydrogens (primary N) is 1. The first-order chi connectivity index (χ1) is 9.92. The van der Waals surface area contributed by atoms with Gasteiger partial charge >= 0.3 is 0 Å². The van der Waals surface area contributed by atoms with E-state index in [1.165, 1.54) is 23.5 Å². The Morgan fingerprint density at radius 3 is 2.62 bits per heavy atom. The van der Waals surface area contributed by atoms with Gasteiger partial charge in [-0.3, -0.25) is 4.79 Å². The Morgan fingerprint density at radius 1 is 1.38 bits per heavy atom. The first kappa shape index (κ1) is 15.9. The Kier molecular flexibility index (Phi) is 4.96. The van der Waals surface area contributed by atoms with E-state index in [9.17, 15) is 9.18 Å². The SMILES string of the molecule is N/C(=N/O)c1ccc(NC(=O)c2cc(Br)c(Br)s2)c(F)c1. The van der Waals surface area contributed by atoms with Crippen LogP contribution in [0.15, 0.2) is 37.7 Å². The molecule has 2 rings (SSSR count). The smallest absolute Gasteiger partial charge is 0.265 e. The molecule has 110 valence electrons. The van der Waals surface area contributed by atoms with Crippen LogP contribution < -0.4 is 11.1 Å². The van der Waals surface area contributed by atoms with E-state index in [2.05, 4.69) is 42.3 Å². The van der Waals surface area contributed by atoms with Crippen molar-refractivity contribution < 1.29 is 14.4 Å². The molecule has 0 aliphatic heterocycles. The van der Waals surface area contributed by atoms with E-state index in [1.807, 2.05) is 0 Å². The van der Waals surface area contributed by atoms with Gasteiger partial charge in [0.05, 0.1) is 14.4 Å². The normalized spacial score (nSPS) is 11.5. The molecule has 0 spiro atoms. The predicted molar refractivity (Wildman–Crippen MR) is 86.6 cm³/mol. The summed E-state index contributed by atoms with van der Waals surface area (Å²) < 4.78 is 15.4. The van der Waals surface area contributed by atoms with Gasteiger partial charge in [0.25, 0.3) is 5.91 Å². The summed E-state index contributed by atoms with van der Waals surface area (Å²) in [6.07, 6.45) is 0. The van der Waals surface area contributed by atoms with Gasteiger partial charge in [-0.15, -0.1) is 11.3 Å². The van der Waals surface area contributed by atoms with E-state index >= 15 is 0 Å². The van der Waals surface area contributed by atoms with Gasteiger partial charge in [0, 0.05) is 10.0 Å². The number of hydrogen-bond donors (Lipinski definition) is 3. The van der Waals surface area contributed by atoms with E-state index < -0.39 is 11.7 Å². The van der Waals surface area contributed by atoms with Crippen LogP contribution in [0, 0.1) is 5.82 Å². The van der Waals surface area contributed by atoms with Gasteiger partial charge < -0.3 is 16.3 Å². The van der Waals surface area contributed by atoms with E-state index in [0.29, 0.717) is 4.88 Å². The zero-order chi connectivity index (χ0) is 15.6. The van der Waals surface area contributed by atoms with Crippen LogP contribution in [0.3, 0.4) is 0 Å². The minimum Gasteiger partial charge on any atom is -0.409 e. The topological polar surface area (TPSA) is 87.7 Å². The first-order valence-corrected chi connectivity index (χ1v) is 7.86. The second-order valence-corrected chi connectivity index (χ2v) is 7.09. The maximum absolute atomic E-state index is 13.9. The van der Waals surface area contributed by atoms with Crippen LogP contribution in [0.5, 0.6) is 0 Å². The van der Waals surface area contributed by atoms with Gasteiger partial charge in [0.15, 0.2) is 5.84 Å². The maximum atomic E-state index is 13.9. The predicted octanol–water partition coefficient (Wildman–Crippen LogP) is 3.76. The van der Waals surface area contributed by atoms with E-state index in [-0.39, 0.29) is 17.1 Å². The summed E-state index contributed by atoms with van der Waals surface area (Å²) in [5.74, 6) is -1.32. The molecule has 1 aromatic carbocycles. The quantitative estimate of drug-likeness (QED) is 0.296. The molecule has 5 nitrogen and oxygen atoms in total. The number of benzene rings is 1. The number of rotatable bonds is 3. The van der Waals surface area contributed by atoms with Gasteiger partial charge in [0.2, 0.25) is 0 Å². The Morgan fingerprint density at radius 2 is 2.10 bits per heavy atom. The molecule has 0 atom stereocenters. The van der Waals surface area contributed by atoms with Crippen molar-refractivity contribution in [2.75, 3.05) is 5.32 Å². The van der Waals surface area contributed by atoms with Crippen LogP contribution in [-0.4, -0.2) is 17.0 Å². The second kappa shape index (κ2) is 6.54. The molecule has 21 heavy (non-hydrogen) atoms. The molecular weight excluding hydrogens is 429 g/mol. The monoisotopic (exact) mass is 435 g/mol. The van der Waals surface area contributed by atoms with Gasteiger partial charge in [-0.2, -0.15) is 0 Å². The number of oxime groups is 1. The van der Waals surface area contributed by atoms with Gasteiger partial charge in [-0.1, -0.05) is 5.16 Å². The van der Waals surface area contributed by atoms with Crippen LogP contribution in [0.25, 0.3) is 0 Å². The molecule has 1 aromatic heterocycles. The van der Waals surface area contributed by atoms with Crippen molar-refractivity contribution in [3.8, 4) is 0 Å². The summed E-state index contributed by atoms with van der Waals surface area (Å²) in [5, 5.41) is 13.8. The molecule has 0 saturated carbocycles. The van der Waals surface area contributed by atoms with E-state index in [0.717, 1.165) is 14.3 Å². The average Bonchev–Trinajstić information content (AvgIpc) is 2.80. The molecule has 0 aliphatic rings. The summed E-state index contributed by atoms with van der Waals surface area (Å²) in [4.78, 5) is 12.4. The second-order valence-electron chi connectivity index (χ2n) is 3.87. The van der Waals surface area contributed by atoms with Crippen molar-refractivity contribution in [1.82, 2.24) is 0 Å². The molecular formula is C12H8Br2FN3O2S. The highest BCUT2D eigenvalue weighted by molar-refractivity contribution is 9.13. The number of amidine groups is 1. The highest BCUT2D eigenvalue weighted by Crippen LogP contribution is 2.32. The van der Waals surface area contributed by atoms with Crippen molar-refractivity contribution in [3.63, 3.8) is 0 Å². The number of nitrogens with one attached hydrogen (secondary N) is 1. The molecule has 1 amide bonds. The first-order valence-electron chi connectivity index (χ1n) is 5.46. The number of hydrogen-bond acceptors (Lipinski definition) is 4. The summed E-state index contributed by atoms with van der Waals surface area (Å²) in [5.41, 5.74) is 5.59. The van der Waals surface area contributed by atoms with Crippen LogP contribution >= 0.6 is 43.2 Å². The minimum absolute atomic E-state index is 0.00938. The van der Waals surface area contributed by atoms with E-state index in [4.69, 9.17) is 10.9 Å². The fraction of sp³-hybridized carbons (Fsp3) is 0. The van der Waals surface area contributed by atoms with Crippen LogP contribution in [0.1, 0.15) is 15.2 Å². The number of halogens is 3. The zero-order valence-corrected chi connectivity index (χ0v) is 14.2. The summed E-state index contributed by atoms with van der Waals surface area (Å²) >= 11 is 7.78. The van der Waals surface area contributed by atoms with Gasteiger partial charge in [0.1, 0.15) is 5.82 Å². The average molecular weight is 437 g/mol. The Balaban J connectivity index is 2.22. The number of carbonyl (C=O) groups excluding carboxylic acids is 1. The van der Waals surface area contributed by atoms with Crippen molar-refractivity contribution in [1.29, 1.82) is 0 Å². The lowest BCUT2D eigenvalue weighted by Crippen LogP contribution is -2.15. The lowest BCUT2D eigenvalue weighted by Gasteiger charge is -2.06. The van der Waals surface area contributed by atoms with Gasteiger partial charge in [-0.05, 0) is 56.1 Å². The summed E-state index contributed by atoms with van der Waals surface area (Å²) in [7, 11) is 0. The summed E-state index contributed by atoms with van der Waals surface area (Å²) in [6, 6.07) is 5.49. The molecule has 0 radical (unpaired) electrons. The molecule has 2 aromatic rings. The molecule has 9 heteroatoms. The van der Waals surface area contributed by atoms with Crippen molar-refractivity contribution in [3.05, 3.63) is 48.8 Å². The molecule has 0 fully saturated rings. The molecule has 0 aliphatic carbocycles. The standard InChI is InChI=1S/C12H8Br2FN3O2S/c13-6-4-9(21-10(6)14)12(19)17-8-2-1-5(3-7(8)15)11(16)18-20/h1-4,20H,(H2,16,18)(H,17,19).